The molecule has 1 aliphatic rings. The zero-order valence-electron chi connectivity index (χ0n) is 9.00. The molecule has 0 amide bonds. The maximum absolute atomic E-state index is 12.9. The molecule has 1 aromatic carbocycles. The third-order valence-electron chi connectivity index (χ3n) is 3.42. The van der Waals surface area contributed by atoms with E-state index in [4.69, 9.17) is 0 Å². The SMILES string of the molecule is FC(F)C1CCCCC1c1cccc(Br)c1. The van der Waals surface area contributed by atoms with Crippen molar-refractivity contribution in [3.8, 4) is 0 Å². The minimum absolute atomic E-state index is 0.0336. The Hall–Kier alpha value is -0.440. The molecule has 88 valence electrons. The molecule has 0 aliphatic heterocycles. The molecular weight excluding hydrogens is 274 g/mol. The summed E-state index contributed by atoms with van der Waals surface area (Å²) in [6.07, 6.45) is 1.38. The Balaban J connectivity index is 2.23. The number of hydrogen-bond acceptors (Lipinski definition) is 0. The number of rotatable bonds is 2. The van der Waals surface area contributed by atoms with Crippen LogP contribution in [-0.4, -0.2) is 6.43 Å². The van der Waals surface area contributed by atoms with Crippen molar-refractivity contribution in [3.63, 3.8) is 0 Å². The first-order valence-corrected chi connectivity index (χ1v) is 6.51. The van der Waals surface area contributed by atoms with Crippen LogP contribution < -0.4 is 0 Å². The van der Waals surface area contributed by atoms with E-state index in [1.807, 2.05) is 24.3 Å². The van der Waals surface area contributed by atoms with Crippen molar-refractivity contribution < 1.29 is 8.78 Å². The summed E-state index contributed by atoms with van der Waals surface area (Å²) in [7, 11) is 0. The van der Waals surface area contributed by atoms with Gasteiger partial charge in [-0.3, -0.25) is 0 Å². The summed E-state index contributed by atoms with van der Waals surface area (Å²) >= 11 is 3.40. The Morgan fingerprint density at radius 2 is 1.94 bits per heavy atom. The van der Waals surface area contributed by atoms with Gasteiger partial charge in [-0.25, -0.2) is 8.78 Å². The van der Waals surface area contributed by atoms with Crippen molar-refractivity contribution in [1.82, 2.24) is 0 Å². The molecule has 2 unspecified atom stereocenters. The lowest BCUT2D eigenvalue weighted by Crippen LogP contribution is -2.24. The van der Waals surface area contributed by atoms with Gasteiger partial charge >= 0.3 is 0 Å². The summed E-state index contributed by atoms with van der Waals surface area (Å²) in [5, 5.41) is 0. The summed E-state index contributed by atoms with van der Waals surface area (Å²) in [4.78, 5) is 0. The lowest BCUT2D eigenvalue weighted by molar-refractivity contribution is 0.0430. The van der Waals surface area contributed by atoms with Gasteiger partial charge in [0.1, 0.15) is 0 Å². The maximum Gasteiger partial charge on any atom is 0.242 e. The minimum atomic E-state index is -2.19. The summed E-state index contributed by atoms with van der Waals surface area (Å²) in [5.74, 6) is -0.422. The largest absolute Gasteiger partial charge is 0.242 e. The zero-order valence-corrected chi connectivity index (χ0v) is 10.6. The molecule has 0 nitrogen and oxygen atoms in total. The average molecular weight is 289 g/mol. The van der Waals surface area contributed by atoms with Crippen molar-refractivity contribution in [1.29, 1.82) is 0 Å². The summed E-state index contributed by atoms with van der Waals surface area (Å²) < 4.78 is 26.9. The van der Waals surface area contributed by atoms with E-state index >= 15 is 0 Å². The van der Waals surface area contributed by atoms with Crippen LogP contribution in [-0.2, 0) is 0 Å². The topological polar surface area (TPSA) is 0 Å². The first-order valence-electron chi connectivity index (χ1n) is 5.72. The molecule has 3 heteroatoms. The second kappa shape index (κ2) is 5.26. The first-order chi connectivity index (χ1) is 7.68. The summed E-state index contributed by atoms with van der Waals surface area (Å²) in [6.45, 7) is 0. The molecule has 2 atom stereocenters. The maximum atomic E-state index is 12.9. The highest BCUT2D eigenvalue weighted by Crippen LogP contribution is 2.41. The van der Waals surface area contributed by atoms with Crippen LogP contribution in [0.1, 0.15) is 37.2 Å². The second-order valence-corrected chi connectivity index (χ2v) is 5.36. The Bertz CT molecular complexity index is 352. The van der Waals surface area contributed by atoms with E-state index in [1.54, 1.807) is 0 Å². The Morgan fingerprint density at radius 1 is 1.19 bits per heavy atom. The first kappa shape index (κ1) is 12.0. The van der Waals surface area contributed by atoms with Crippen molar-refractivity contribution in [2.75, 3.05) is 0 Å². The summed E-state index contributed by atoms with van der Waals surface area (Å²) in [6, 6.07) is 7.81. The van der Waals surface area contributed by atoms with Gasteiger partial charge in [-0.1, -0.05) is 40.9 Å². The van der Waals surface area contributed by atoms with E-state index < -0.39 is 12.3 Å². The Morgan fingerprint density at radius 3 is 2.62 bits per heavy atom. The van der Waals surface area contributed by atoms with E-state index in [0.29, 0.717) is 6.42 Å². The predicted molar refractivity (Wildman–Crippen MR) is 64.8 cm³/mol. The minimum Gasteiger partial charge on any atom is -0.210 e. The van der Waals surface area contributed by atoms with E-state index in [-0.39, 0.29) is 5.92 Å². The zero-order chi connectivity index (χ0) is 11.5. The number of halogens is 3. The van der Waals surface area contributed by atoms with Crippen LogP contribution in [0.4, 0.5) is 8.78 Å². The molecule has 2 rings (SSSR count). The van der Waals surface area contributed by atoms with Gasteiger partial charge < -0.3 is 0 Å². The van der Waals surface area contributed by atoms with Crippen LogP contribution in [0.2, 0.25) is 0 Å². The van der Waals surface area contributed by atoms with E-state index in [1.165, 1.54) is 0 Å². The lowest BCUT2D eigenvalue weighted by atomic mass is 9.76. The van der Waals surface area contributed by atoms with Gasteiger partial charge in [-0.05, 0) is 36.5 Å². The monoisotopic (exact) mass is 288 g/mol. The highest BCUT2D eigenvalue weighted by molar-refractivity contribution is 9.10. The molecule has 0 radical (unpaired) electrons. The number of hydrogen-bond donors (Lipinski definition) is 0. The fourth-order valence-electron chi connectivity index (χ4n) is 2.61. The molecule has 0 N–H and O–H groups in total. The highest BCUT2D eigenvalue weighted by atomic mass is 79.9. The van der Waals surface area contributed by atoms with Crippen molar-refractivity contribution in [2.24, 2.45) is 5.92 Å². The van der Waals surface area contributed by atoms with Crippen molar-refractivity contribution >= 4 is 15.9 Å². The smallest absolute Gasteiger partial charge is 0.210 e. The van der Waals surface area contributed by atoms with Gasteiger partial charge in [0, 0.05) is 10.4 Å². The van der Waals surface area contributed by atoms with E-state index in [0.717, 1.165) is 29.3 Å². The van der Waals surface area contributed by atoms with Crippen LogP contribution >= 0.6 is 15.9 Å². The normalized spacial score (nSPS) is 26.0. The number of alkyl halides is 2. The number of benzene rings is 1. The molecule has 0 spiro atoms. The van der Waals surface area contributed by atoms with Crippen LogP contribution in [0.3, 0.4) is 0 Å². The van der Waals surface area contributed by atoms with Gasteiger partial charge in [-0.2, -0.15) is 0 Å². The molecular formula is C13H15BrF2. The van der Waals surface area contributed by atoms with Gasteiger partial charge in [0.25, 0.3) is 0 Å². The molecule has 1 aliphatic carbocycles. The molecule has 0 saturated heterocycles. The Labute approximate surface area is 103 Å². The van der Waals surface area contributed by atoms with Gasteiger partial charge in [0.05, 0.1) is 0 Å². The molecule has 0 bridgehead atoms. The van der Waals surface area contributed by atoms with Crippen LogP contribution in [0.25, 0.3) is 0 Å². The second-order valence-electron chi connectivity index (χ2n) is 4.44. The molecule has 0 heterocycles. The van der Waals surface area contributed by atoms with Gasteiger partial charge in [-0.15, -0.1) is 0 Å². The third-order valence-corrected chi connectivity index (χ3v) is 3.91. The standard InChI is InChI=1S/C13H15BrF2/c14-10-5-3-4-9(8-10)11-6-1-2-7-12(11)13(15)16/h3-5,8,11-13H,1-2,6-7H2. The fourth-order valence-corrected chi connectivity index (χ4v) is 3.03. The van der Waals surface area contributed by atoms with Crippen molar-refractivity contribution in [2.45, 2.75) is 38.0 Å². The summed E-state index contributed by atoms with van der Waals surface area (Å²) in [5.41, 5.74) is 1.05. The van der Waals surface area contributed by atoms with Crippen LogP contribution in [0.5, 0.6) is 0 Å². The molecule has 1 saturated carbocycles. The molecule has 0 aromatic heterocycles. The van der Waals surface area contributed by atoms with E-state index in [2.05, 4.69) is 15.9 Å². The average Bonchev–Trinajstić information content (AvgIpc) is 2.29. The lowest BCUT2D eigenvalue weighted by Gasteiger charge is -2.31. The molecule has 1 fully saturated rings. The fraction of sp³-hybridized carbons (Fsp3) is 0.538. The quantitative estimate of drug-likeness (QED) is 0.719. The predicted octanol–water partition coefficient (Wildman–Crippen LogP) is 4.99. The Kier molecular flexibility index (Phi) is 3.95. The highest BCUT2D eigenvalue weighted by Gasteiger charge is 2.32. The van der Waals surface area contributed by atoms with E-state index in [9.17, 15) is 8.78 Å². The van der Waals surface area contributed by atoms with Crippen LogP contribution in [0, 0.1) is 5.92 Å². The van der Waals surface area contributed by atoms with Gasteiger partial charge in [0.2, 0.25) is 6.43 Å². The van der Waals surface area contributed by atoms with Gasteiger partial charge in [0.15, 0.2) is 0 Å². The third kappa shape index (κ3) is 2.62. The molecule has 16 heavy (non-hydrogen) atoms. The van der Waals surface area contributed by atoms with Crippen molar-refractivity contribution in [3.05, 3.63) is 34.3 Å². The molecule has 1 aromatic rings. The van der Waals surface area contributed by atoms with Crippen LogP contribution in [0.15, 0.2) is 28.7 Å².